The Hall–Kier alpha value is -3.10. The van der Waals surface area contributed by atoms with Crippen LogP contribution in [0, 0.1) is 6.92 Å². The maximum Gasteiger partial charge on any atom is 0.290 e. The molecule has 33 heavy (non-hydrogen) atoms. The summed E-state index contributed by atoms with van der Waals surface area (Å²) < 4.78 is 16.6. The van der Waals surface area contributed by atoms with Gasteiger partial charge in [0.1, 0.15) is 18.9 Å². The van der Waals surface area contributed by atoms with Gasteiger partial charge in [0.15, 0.2) is 5.76 Å². The number of aryl methyl sites for hydroxylation is 1. The molecular weight excluding hydrogens is 440 g/mol. The van der Waals surface area contributed by atoms with Crippen molar-refractivity contribution in [3.8, 4) is 5.75 Å². The largest absolute Gasteiger partial charge is 0.491 e. The highest BCUT2D eigenvalue weighted by Crippen LogP contribution is 2.34. The molecule has 8 heteroatoms. The maximum absolute atomic E-state index is 13.5. The van der Waals surface area contributed by atoms with Crippen LogP contribution < -0.4 is 4.74 Å². The van der Waals surface area contributed by atoms with Crippen molar-refractivity contribution in [2.24, 2.45) is 0 Å². The average molecular weight is 469 g/mol. The Labute approximate surface area is 197 Å². The first-order valence-corrected chi connectivity index (χ1v) is 11.8. The van der Waals surface area contributed by atoms with E-state index in [-0.39, 0.29) is 30.2 Å². The summed E-state index contributed by atoms with van der Waals surface area (Å²) in [6, 6.07) is 13.0. The zero-order valence-corrected chi connectivity index (χ0v) is 19.7. The fourth-order valence-corrected chi connectivity index (χ4v) is 4.95. The summed E-state index contributed by atoms with van der Waals surface area (Å²) in [7, 11) is 1.57. The van der Waals surface area contributed by atoms with Crippen LogP contribution in [0.3, 0.4) is 0 Å². The van der Waals surface area contributed by atoms with Gasteiger partial charge in [0.05, 0.1) is 18.9 Å². The van der Waals surface area contributed by atoms with Gasteiger partial charge in [-0.2, -0.15) is 0 Å². The molecule has 0 spiro atoms. The van der Waals surface area contributed by atoms with Crippen molar-refractivity contribution in [2.75, 3.05) is 40.0 Å². The Morgan fingerprint density at radius 3 is 2.82 bits per heavy atom. The molecule has 0 N–H and O–H groups in total. The number of carbonyl (C=O) groups excluding carboxylic acids is 2. The molecule has 1 atom stereocenters. The number of furan rings is 1. The van der Waals surface area contributed by atoms with E-state index in [0.717, 1.165) is 23.3 Å². The number of thiophene rings is 1. The van der Waals surface area contributed by atoms with Crippen LogP contribution in [0.1, 0.15) is 32.6 Å². The highest BCUT2D eigenvalue weighted by atomic mass is 32.1. The van der Waals surface area contributed by atoms with Gasteiger partial charge in [-0.15, -0.1) is 11.3 Å². The van der Waals surface area contributed by atoms with Gasteiger partial charge in [-0.1, -0.05) is 18.2 Å². The predicted octanol–water partition coefficient (Wildman–Crippen LogP) is 3.94. The van der Waals surface area contributed by atoms with Crippen molar-refractivity contribution in [2.45, 2.75) is 19.4 Å². The number of ether oxygens (including phenoxy) is 2. The number of para-hydroxylation sites is 1. The summed E-state index contributed by atoms with van der Waals surface area (Å²) >= 11 is 1.71. The van der Waals surface area contributed by atoms with Gasteiger partial charge in [0, 0.05) is 25.1 Å². The van der Waals surface area contributed by atoms with Gasteiger partial charge in [0.25, 0.3) is 5.91 Å². The number of fused-ring (bicyclic) bond motifs is 1. The first kappa shape index (κ1) is 23.1. The third kappa shape index (κ3) is 5.29. The highest BCUT2D eigenvalue weighted by molar-refractivity contribution is 7.10. The van der Waals surface area contributed by atoms with Crippen molar-refractivity contribution in [3.05, 3.63) is 75.9 Å². The van der Waals surface area contributed by atoms with Gasteiger partial charge in [-0.05, 0) is 54.1 Å². The minimum absolute atomic E-state index is 0.0524. The Morgan fingerprint density at radius 2 is 2.06 bits per heavy atom. The number of carbonyl (C=O) groups is 2. The molecule has 3 aromatic rings. The molecule has 0 saturated heterocycles. The zero-order valence-electron chi connectivity index (χ0n) is 18.9. The number of methoxy groups -OCH3 is 1. The topological polar surface area (TPSA) is 72.2 Å². The lowest BCUT2D eigenvalue weighted by atomic mass is 10.0. The smallest absolute Gasteiger partial charge is 0.290 e. The van der Waals surface area contributed by atoms with Crippen LogP contribution in [-0.4, -0.2) is 61.6 Å². The summed E-state index contributed by atoms with van der Waals surface area (Å²) in [6.45, 7) is 3.51. The molecular formula is C25H28N2O5S. The number of nitrogens with zero attached hydrogens (tertiary/aromatic N) is 2. The van der Waals surface area contributed by atoms with Gasteiger partial charge < -0.3 is 23.7 Å². The van der Waals surface area contributed by atoms with Gasteiger partial charge >= 0.3 is 0 Å². The number of amides is 2. The first-order valence-electron chi connectivity index (χ1n) is 10.9. The van der Waals surface area contributed by atoms with Gasteiger partial charge in [-0.3, -0.25) is 9.59 Å². The van der Waals surface area contributed by atoms with E-state index in [1.165, 1.54) is 16.0 Å². The van der Waals surface area contributed by atoms with Crippen LogP contribution in [0.25, 0.3) is 0 Å². The quantitative estimate of drug-likeness (QED) is 0.476. The number of rotatable bonds is 9. The molecule has 2 amide bonds. The molecule has 0 fully saturated rings. The minimum atomic E-state index is -0.327. The number of hydrogen-bond donors (Lipinski definition) is 0. The van der Waals surface area contributed by atoms with Crippen LogP contribution in [0.4, 0.5) is 0 Å². The van der Waals surface area contributed by atoms with E-state index in [0.29, 0.717) is 26.3 Å². The van der Waals surface area contributed by atoms with E-state index >= 15 is 0 Å². The van der Waals surface area contributed by atoms with Crippen LogP contribution >= 0.6 is 11.3 Å². The Kier molecular flexibility index (Phi) is 7.47. The molecule has 3 heterocycles. The fraction of sp³-hybridized carbons (Fsp3) is 0.360. The highest BCUT2D eigenvalue weighted by Gasteiger charge is 2.34. The van der Waals surface area contributed by atoms with E-state index in [2.05, 4.69) is 11.4 Å². The number of benzene rings is 1. The van der Waals surface area contributed by atoms with E-state index in [4.69, 9.17) is 13.9 Å². The molecule has 0 radical (unpaired) electrons. The summed E-state index contributed by atoms with van der Waals surface area (Å²) in [6.07, 6.45) is 2.25. The monoisotopic (exact) mass is 468 g/mol. The minimum Gasteiger partial charge on any atom is -0.491 e. The molecule has 0 unspecified atom stereocenters. The van der Waals surface area contributed by atoms with Crippen LogP contribution in [0.15, 0.2) is 58.5 Å². The van der Waals surface area contributed by atoms with E-state index < -0.39 is 0 Å². The molecule has 174 valence electrons. The molecule has 0 aliphatic carbocycles. The molecule has 2 aromatic heterocycles. The fourth-order valence-electron chi connectivity index (χ4n) is 4.03. The lowest BCUT2D eigenvalue weighted by Crippen LogP contribution is -2.48. The van der Waals surface area contributed by atoms with Crippen molar-refractivity contribution >= 4 is 23.2 Å². The Balaban J connectivity index is 1.52. The predicted molar refractivity (Wildman–Crippen MR) is 126 cm³/mol. The third-order valence-corrected chi connectivity index (χ3v) is 6.81. The van der Waals surface area contributed by atoms with Crippen LogP contribution in [0.5, 0.6) is 5.75 Å². The second-order valence-corrected chi connectivity index (χ2v) is 8.93. The molecule has 0 bridgehead atoms. The maximum atomic E-state index is 13.5. The Bertz CT molecular complexity index is 1080. The average Bonchev–Trinajstić information content (AvgIpc) is 3.52. The SMILES string of the molecule is COCCN(CC(=O)N1CCc2sccc2[C@H]1COc1ccccc1C)C(=O)c1ccco1. The zero-order chi connectivity index (χ0) is 23.2. The normalized spacial score (nSPS) is 15.2. The van der Waals surface area contributed by atoms with E-state index in [9.17, 15) is 9.59 Å². The van der Waals surface area contributed by atoms with Crippen LogP contribution in [-0.2, 0) is 16.0 Å². The third-order valence-electron chi connectivity index (χ3n) is 5.82. The van der Waals surface area contributed by atoms with E-state index in [1.807, 2.05) is 36.1 Å². The molecule has 0 saturated carbocycles. The summed E-state index contributed by atoms with van der Waals surface area (Å²) in [5.41, 5.74) is 2.17. The molecule has 1 aromatic carbocycles. The summed E-state index contributed by atoms with van der Waals surface area (Å²) in [4.78, 5) is 31.0. The Morgan fingerprint density at radius 1 is 1.21 bits per heavy atom. The van der Waals surface area contributed by atoms with Crippen molar-refractivity contribution in [1.82, 2.24) is 9.80 Å². The lowest BCUT2D eigenvalue weighted by Gasteiger charge is -2.37. The van der Waals surface area contributed by atoms with E-state index in [1.54, 1.807) is 30.6 Å². The van der Waals surface area contributed by atoms with Gasteiger partial charge in [-0.25, -0.2) is 0 Å². The standard InChI is InChI=1S/C25H28N2O5S/c1-18-6-3-4-7-21(18)32-17-20-19-10-15-33-23(19)9-11-27(20)24(28)16-26(12-14-30-2)25(29)22-8-5-13-31-22/h3-8,10,13,15,20H,9,11-12,14,16-17H2,1-2H3/t20-/m1/s1. The lowest BCUT2D eigenvalue weighted by molar-refractivity contribution is -0.135. The second-order valence-electron chi connectivity index (χ2n) is 7.93. The first-order chi connectivity index (χ1) is 16.1. The summed E-state index contributed by atoms with van der Waals surface area (Å²) in [5.74, 6) is 0.562. The molecule has 1 aliphatic rings. The molecule has 7 nitrogen and oxygen atoms in total. The molecule has 1 aliphatic heterocycles. The van der Waals surface area contributed by atoms with Crippen molar-refractivity contribution in [3.63, 3.8) is 0 Å². The van der Waals surface area contributed by atoms with Crippen molar-refractivity contribution in [1.29, 1.82) is 0 Å². The summed E-state index contributed by atoms with van der Waals surface area (Å²) in [5, 5.41) is 2.06. The van der Waals surface area contributed by atoms with Crippen LogP contribution in [0.2, 0.25) is 0 Å². The molecule has 4 rings (SSSR count). The van der Waals surface area contributed by atoms with Gasteiger partial charge in [0.2, 0.25) is 5.91 Å². The number of hydrogen-bond acceptors (Lipinski definition) is 6. The second kappa shape index (κ2) is 10.7. The van der Waals surface area contributed by atoms with Crippen molar-refractivity contribution < 1.29 is 23.5 Å².